The highest BCUT2D eigenvalue weighted by atomic mass is 16.2. The molecule has 0 atom stereocenters. The maximum absolute atomic E-state index is 12.7. The molecule has 1 aromatic carbocycles. The van der Waals surface area contributed by atoms with Crippen LogP contribution in [0.2, 0.25) is 0 Å². The molecule has 0 spiro atoms. The molecule has 0 aliphatic carbocycles. The fraction of sp³-hybridized carbons (Fsp3) is 0.211. The second-order valence-electron chi connectivity index (χ2n) is 6.28. The average molecular weight is 337 g/mol. The molecular formula is C19H19N3O3. The molecule has 0 radical (unpaired) electrons. The van der Waals surface area contributed by atoms with Crippen molar-refractivity contribution in [2.45, 2.75) is 26.8 Å². The summed E-state index contributed by atoms with van der Waals surface area (Å²) in [6, 6.07) is 8.31. The molecule has 4 amide bonds. The minimum absolute atomic E-state index is 0.0679. The van der Waals surface area contributed by atoms with E-state index in [9.17, 15) is 14.4 Å². The van der Waals surface area contributed by atoms with E-state index in [1.165, 1.54) is 6.08 Å². The van der Waals surface area contributed by atoms with Gasteiger partial charge in [0.05, 0.1) is 5.69 Å². The smallest absolute Gasteiger partial charge is 0.335 e. The van der Waals surface area contributed by atoms with Crippen molar-refractivity contribution in [3.8, 4) is 0 Å². The number of nitrogens with one attached hydrogen (secondary N) is 1. The second kappa shape index (κ2) is 6.39. The first-order chi connectivity index (χ1) is 11.9. The minimum atomic E-state index is -0.740. The fourth-order valence-electron chi connectivity index (χ4n) is 2.59. The SMILES string of the molecule is Cc1ccc(N2C(=O)NC(=O)/C(=C/c3ccn(C(C)C)c3)C2=O)cc1. The number of amides is 4. The van der Waals surface area contributed by atoms with Gasteiger partial charge in [0.15, 0.2) is 0 Å². The lowest BCUT2D eigenvalue weighted by molar-refractivity contribution is -0.122. The first-order valence-electron chi connectivity index (χ1n) is 8.02. The number of nitrogens with zero attached hydrogens (tertiary/aromatic N) is 2. The molecule has 1 fully saturated rings. The number of imide groups is 2. The van der Waals surface area contributed by atoms with E-state index in [-0.39, 0.29) is 11.6 Å². The van der Waals surface area contributed by atoms with Crippen LogP contribution >= 0.6 is 0 Å². The second-order valence-corrected chi connectivity index (χ2v) is 6.28. The Labute approximate surface area is 145 Å². The third kappa shape index (κ3) is 3.24. The first kappa shape index (κ1) is 16.7. The van der Waals surface area contributed by atoms with Crippen LogP contribution in [0.15, 0.2) is 48.3 Å². The number of carbonyl (C=O) groups is 3. The lowest BCUT2D eigenvalue weighted by Gasteiger charge is -2.26. The third-order valence-electron chi connectivity index (χ3n) is 4.04. The van der Waals surface area contributed by atoms with Crippen molar-refractivity contribution >= 4 is 29.6 Å². The number of hydrogen-bond donors (Lipinski definition) is 1. The summed E-state index contributed by atoms with van der Waals surface area (Å²) in [5.74, 6) is -1.31. The molecule has 6 nitrogen and oxygen atoms in total. The summed E-state index contributed by atoms with van der Waals surface area (Å²) in [5, 5.41) is 2.22. The van der Waals surface area contributed by atoms with Crippen LogP contribution in [0.4, 0.5) is 10.5 Å². The van der Waals surface area contributed by atoms with Crippen molar-refractivity contribution in [3.63, 3.8) is 0 Å². The zero-order chi connectivity index (χ0) is 18.1. The van der Waals surface area contributed by atoms with E-state index in [4.69, 9.17) is 0 Å². The van der Waals surface area contributed by atoms with Crippen LogP contribution in [0, 0.1) is 6.92 Å². The van der Waals surface area contributed by atoms with Gasteiger partial charge in [0.2, 0.25) is 0 Å². The van der Waals surface area contributed by atoms with E-state index >= 15 is 0 Å². The van der Waals surface area contributed by atoms with Crippen LogP contribution < -0.4 is 10.2 Å². The fourth-order valence-corrected chi connectivity index (χ4v) is 2.59. The maximum atomic E-state index is 12.7. The first-order valence-corrected chi connectivity index (χ1v) is 8.02. The molecule has 1 aliphatic heterocycles. The summed E-state index contributed by atoms with van der Waals surface area (Å²) >= 11 is 0. The Balaban J connectivity index is 1.97. The normalized spacial score (nSPS) is 16.7. The van der Waals surface area contributed by atoms with Crippen LogP contribution in [0.5, 0.6) is 0 Å². The number of barbiturate groups is 1. The van der Waals surface area contributed by atoms with Crippen LogP contribution in [0.25, 0.3) is 6.08 Å². The van der Waals surface area contributed by atoms with Crippen molar-refractivity contribution in [3.05, 3.63) is 59.4 Å². The highest BCUT2D eigenvalue weighted by molar-refractivity contribution is 6.39. The van der Waals surface area contributed by atoms with Gasteiger partial charge in [-0.05, 0) is 50.6 Å². The van der Waals surface area contributed by atoms with Gasteiger partial charge in [-0.3, -0.25) is 14.9 Å². The van der Waals surface area contributed by atoms with Gasteiger partial charge in [-0.15, -0.1) is 0 Å². The van der Waals surface area contributed by atoms with E-state index < -0.39 is 17.8 Å². The van der Waals surface area contributed by atoms with E-state index in [2.05, 4.69) is 5.32 Å². The molecule has 1 saturated heterocycles. The van der Waals surface area contributed by atoms with Crippen LogP contribution in [0.1, 0.15) is 31.0 Å². The van der Waals surface area contributed by atoms with Crippen molar-refractivity contribution < 1.29 is 14.4 Å². The van der Waals surface area contributed by atoms with E-state index in [1.54, 1.807) is 24.3 Å². The quantitative estimate of drug-likeness (QED) is 0.691. The standard InChI is InChI=1S/C19H19N3O3/c1-12(2)21-9-8-14(11-21)10-16-17(23)20-19(25)22(18(16)24)15-6-4-13(3)5-7-15/h4-12H,1-3H3,(H,20,23,25)/b16-10-. The molecule has 3 rings (SSSR count). The molecule has 25 heavy (non-hydrogen) atoms. The monoisotopic (exact) mass is 337 g/mol. The van der Waals surface area contributed by atoms with Crippen molar-refractivity contribution in [1.82, 2.24) is 9.88 Å². The van der Waals surface area contributed by atoms with Gasteiger partial charge in [0.25, 0.3) is 11.8 Å². The van der Waals surface area contributed by atoms with Gasteiger partial charge in [-0.2, -0.15) is 0 Å². The summed E-state index contributed by atoms with van der Waals surface area (Å²) in [7, 11) is 0. The number of carbonyl (C=O) groups excluding carboxylic acids is 3. The Morgan fingerprint density at radius 3 is 2.32 bits per heavy atom. The Bertz CT molecular complexity index is 876. The molecule has 6 heteroatoms. The molecule has 2 heterocycles. The largest absolute Gasteiger partial charge is 0.351 e. The van der Waals surface area contributed by atoms with E-state index in [1.807, 2.05) is 43.8 Å². The highest BCUT2D eigenvalue weighted by Gasteiger charge is 2.36. The van der Waals surface area contributed by atoms with Gasteiger partial charge >= 0.3 is 6.03 Å². The molecule has 0 unspecified atom stereocenters. The maximum Gasteiger partial charge on any atom is 0.335 e. The Kier molecular flexibility index (Phi) is 4.27. The Hall–Kier alpha value is -3.15. The number of urea groups is 1. The van der Waals surface area contributed by atoms with Gasteiger partial charge in [0.1, 0.15) is 5.57 Å². The summed E-state index contributed by atoms with van der Waals surface area (Å²) in [6.07, 6.45) is 5.24. The van der Waals surface area contributed by atoms with Crippen LogP contribution in [0.3, 0.4) is 0 Å². The van der Waals surface area contributed by atoms with Gasteiger partial charge in [0, 0.05) is 18.4 Å². The molecule has 1 N–H and O–H groups in total. The number of rotatable bonds is 3. The lowest BCUT2D eigenvalue weighted by Crippen LogP contribution is -2.54. The number of hydrogen-bond acceptors (Lipinski definition) is 3. The topological polar surface area (TPSA) is 71.4 Å². The number of benzene rings is 1. The van der Waals surface area contributed by atoms with Gasteiger partial charge in [-0.1, -0.05) is 17.7 Å². The predicted octanol–water partition coefficient (Wildman–Crippen LogP) is 3.04. The number of aryl methyl sites for hydroxylation is 1. The van der Waals surface area contributed by atoms with Crippen molar-refractivity contribution in [2.75, 3.05) is 4.90 Å². The zero-order valence-electron chi connectivity index (χ0n) is 14.3. The summed E-state index contributed by atoms with van der Waals surface area (Å²) in [4.78, 5) is 38.0. The van der Waals surface area contributed by atoms with Gasteiger partial charge < -0.3 is 4.57 Å². The van der Waals surface area contributed by atoms with Gasteiger partial charge in [-0.25, -0.2) is 9.69 Å². The zero-order valence-corrected chi connectivity index (χ0v) is 14.3. The molecule has 0 saturated carbocycles. The molecule has 0 bridgehead atoms. The minimum Gasteiger partial charge on any atom is -0.351 e. The van der Waals surface area contributed by atoms with E-state index in [0.717, 1.165) is 16.0 Å². The molecule has 1 aliphatic rings. The molecule has 2 aromatic rings. The average Bonchev–Trinajstić information content (AvgIpc) is 3.02. The number of anilines is 1. The molecule has 1 aromatic heterocycles. The van der Waals surface area contributed by atoms with Crippen molar-refractivity contribution in [1.29, 1.82) is 0 Å². The predicted molar refractivity (Wildman–Crippen MR) is 95.0 cm³/mol. The molecule has 128 valence electrons. The van der Waals surface area contributed by atoms with Crippen LogP contribution in [-0.4, -0.2) is 22.4 Å². The highest BCUT2D eigenvalue weighted by Crippen LogP contribution is 2.22. The van der Waals surface area contributed by atoms with E-state index in [0.29, 0.717) is 5.69 Å². The molecular weight excluding hydrogens is 318 g/mol. The summed E-state index contributed by atoms with van der Waals surface area (Å²) in [5.41, 5.74) is 2.09. The summed E-state index contributed by atoms with van der Waals surface area (Å²) < 4.78 is 1.97. The van der Waals surface area contributed by atoms with Crippen molar-refractivity contribution in [2.24, 2.45) is 0 Å². The Morgan fingerprint density at radius 2 is 1.72 bits per heavy atom. The van der Waals surface area contributed by atoms with Crippen LogP contribution in [-0.2, 0) is 9.59 Å². The Morgan fingerprint density at radius 1 is 1.04 bits per heavy atom. The lowest BCUT2D eigenvalue weighted by atomic mass is 10.1. The third-order valence-corrected chi connectivity index (χ3v) is 4.04. The number of aromatic nitrogens is 1. The summed E-state index contributed by atoms with van der Waals surface area (Å²) in [6.45, 7) is 5.98.